The van der Waals surface area contributed by atoms with Crippen LogP contribution in [-0.2, 0) is 28.7 Å². The molecule has 4 saturated carbocycles. The molecule has 4 fully saturated rings. The average molecular weight is 801 g/mol. The van der Waals surface area contributed by atoms with Crippen LogP contribution in [0.5, 0.6) is 11.5 Å². The number of rotatable bonds is 11. The van der Waals surface area contributed by atoms with E-state index in [1.807, 2.05) is 24.3 Å². The number of aldehydes is 2. The summed E-state index contributed by atoms with van der Waals surface area (Å²) in [5.41, 5.74) is 6.38. The predicted octanol–water partition coefficient (Wildman–Crippen LogP) is 9.83. The van der Waals surface area contributed by atoms with E-state index >= 15 is 0 Å². The number of nitrogen functional groups attached to an aromatic ring is 1. The fourth-order valence-corrected chi connectivity index (χ4v) is 10.5. The van der Waals surface area contributed by atoms with Gasteiger partial charge in [0.05, 0.1) is 17.9 Å². The Labute approximate surface area is 340 Å². The molecule has 57 heavy (non-hydrogen) atoms. The number of esters is 2. The monoisotopic (exact) mass is 800 g/mol. The predicted molar refractivity (Wildman–Crippen MR) is 221 cm³/mol. The van der Waals surface area contributed by atoms with Crippen molar-refractivity contribution in [3.8, 4) is 22.1 Å². The first-order valence-electron chi connectivity index (χ1n) is 21.3. The number of nitrogens with zero attached hydrogens (tertiary/aromatic N) is 1. The molecular formula is C46H60N2O8S. The molecule has 0 amide bonds. The van der Waals surface area contributed by atoms with E-state index in [-0.39, 0.29) is 41.4 Å². The van der Waals surface area contributed by atoms with Gasteiger partial charge in [-0.1, -0.05) is 27.7 Å². The lowest BCUT2D eigenvalue weighted by Crippen LogP contribution is -2.45. The summed E-state index contributed by atoms with van der Waals surface area (Å²) >= 11 is 1.40. The maximum atomic E-state index is 13.4. The van der Waals surface area contributed by atoms with Gasteiger partial charge in [-0.15, -0.1) is 11.3 Å². The molecule has 2 N–H and O–H groups in total. The fourth-order valence-electron chi connectivity index (χ4n) is 9.46. The van der Waals surface area contributed by atoms with Gasteiger partial charge in [-0.25, -0.2) is 4.98 Å². The maximum Gasteiger partial charge on any atom is 0.314 e. The minimum absolute atomic E-state index is 0.00921. The van der Waals surface area contributed by atoms with Gasteiger partial charge in [0.25, 0.3) is 0 Å². The van der Waals surface area contributed by atoms with E-state index in [4.69, 9.17) is 29.7 Å². The number of nitrogens with two attached hydrogens (primary N) is 1. The van der Waals surface area contributed by atoms with Crippen molar-refractivity contribution < 1.29 is 38.1 Å². The number of thiazole rings is 1. The molecule has 10 nitrogen and oxygen atoms in total. The van der Waals surface area contributed by atoms with Gasteiger partial charge in [0.1, 0.15) is 32.7 Å². The van der Waals surface area contributed by atoms with Crippen LogP contribution in [0.3, 0.4) is 0 Å². The number of ether oxygens (including phenoxy) is 4. The van der Waals surface area contributed by atoms with Crippen LogP contribution in [-0.4, -0.2) is 52.9 Å². The molecule has 4 aliphatic rings. The Morgan fingerprint density at radius 2 is 1.32 bits per heavy atom. The van der Waals surface area contributed by atoms with Crippen LogP contribution in [0.15, 0.2) is 36.4 Å². The summed E-state index contributed by atoms with van der Waals surface area (Å²) in [6, 6.07) is 10.9. The summed E-state index contributed by atoms with van der Waals surface area (Å²) in [7, 11) is 0. The second-order valence-electron chi connectivity index (χ2n) is 18.6. The smallest absolute Gasteiger partial charge is 0.314 e. The van der Waals surface area contributed by atoms with Gasteiger partial charge in [0.2, 0.25) is 0 Å². The zero-order chi connectivity index (χ0) is 40.4. The van der Waals surface area contributed by atoms with Gasteiger partial charge in [0.15, 0.2) is 23.9 Å². The summed E-state index contributed by atoms with van der Waals surface area (Å²) < 4.78 is 25.8. The third kappa shape index (κ3) is 9.56. The largest absolute Gasteiger partial charge is 0.477 e. The number of anilines is 1. The first kappa shape index (κ1) is 41.3. The number of hydrogen-bond acceptors (Lipinski definition) is 11. The van der Waals surface area contributed by atoms with E-state index < -0.39 is 11.2 Å². The van der Waals surface area contributed by atoms with Crippen LogP contribution in [0, 0.1) is 29.1 Å². The summed E-state index contributed by atoms with van der Waals surface area (Å²) in [4.78, 5) is 56.7. The standard InChI is InChI=1S/C46H60N2O8S/c1-29-5-7-31(8-6-29)43(52)54-38-18-17-37(39-40(38)57-41(48-39)30-9-11-34(47)12-10-30)56-46(28-50)23-19-32(20-24-46)42(51)53-35-13-15-36(16-14-35)55-45(27-49)25-21-33(22-26-45)44(2,3)4/h9-12,17-18,27-29,31-33,35-36H,5-8,13-16,19-26,47H2,1-4H3. The van der Waals surface area contributed by atoms with E-state index in [0.29, 0.717) is 82.8 Å². The van der Waals surface area contributed by atoms with Crippen molar-refractivity contribution in [3.63, 3.8) is 0 Å². The molecule has 0 bridgehead atoms. The van der Waals surface area contributed by atoms with Crippen molar-refractivity contribution in [2.24, 2.45) is 29.1 Å². The van der Waals surface area contributed by atoms with Gasteiger partial charge >= 0.3 is 11.9 Å². The summed E-state index contributed by atoms with van der Waals surface area (Å²) in [5, 5.41) is 0.712. The average Bonchev–Trinajstić information content (AvgIpc) is 3.67. The van der Waals surface area contributed by atoms with Crippen molar-refractivity contribution in [2.45, 2.75) is 154 Å². The Kier molecular flexibility index (Phi) is 12.5. The van der Waals surface area contributed by atoms with Crippen molar-refractivity contribution in [1.29, 1.82) is 0 Å². The van der Waals surface area contributed by atoms with Gasteiger partial charge in [-0.2, -0.15) is 0 Å². The first-order valence-corrected chi connectivity index (χ1v) is 22.1. The molecular weight excluding hydrogens is 741 g/mol. The molecule has 1 aromatic heterocycles. The van der Waals surface area contributed by atoms with Crippen molar-refractivity contribution in [3.05, 3.63) is 36.4 Å². The molecule has 0 atom stereocenters. The zero-order valence-electron chi connectivity index (χ0n) is 34.1. The molecule has 0 aliphatic heterocycles. The van der Waals surface area contributed by atoms with E-state index in [1.54, 1.807) is 12.1 Å². The number of carbonyl (C=O) groups excluding carboxylic acids is 4. The highest BCUT2D eigenvalue weighted by molar-refractivity contribution is 7.22. The number of aromatic nitrogens is 1. The van der Waals surface area contributed by atoms with Gasteiger partial charge < -0.3 is 29.5 Å². The molecule has 0 unspecified atom stereocenters. The Morgan fingerprint density at radius 1 is 0.737 bits per heavy atom. The van der Waals surface area contributed by atoms with E-state index in [9.17, 15) is 19.2 Å². The Hall–Kier alpha value is -3.83. The van der Waals surface area contributed by atoms with Crippen molar-refractivity contribution in [1.82, 2.24) is 4.98 Å². The molecule has 308 valence electrons. The highest BCUT2D eigenvalue weighted by Gasteiger charge is 2.43. The molecule has 3 aromatic rings. The van der Waals surface area contributed by atoms with Gasteiger partial charge in [-0.3, -0.25) is 14.4 Å². The van der Waals surface area contributed by atoms with E-state index in [1.165, 1.54) is 11.3 Å². The maximum absolute atomic E-state index is 13.4. The summed E-state index contributed by atoms with van der Waals surface area (Å²) in [5.74, 6) is 1.16. The van der Waals surface area contributed by atoms with E-state index in [0.717, 1.165) is 82.3 Å². The highest BCUT2D eigenvalue weighted by Crippen LogP contribution is 2.46. The van der Waals surface area contributed by atoms with Gasteiger partial charge in [-0.05, 0) is 156 Å². The Balaban J connectivity index is 0.964. The van der Waals surface area contributed by atoms with Crippen molar-refractivity contribution >= 4 is 51.8 Å². The molecule has 1 heterocycles. The van der Waals surface area contributed by atoms with Gasteiger partial charge in [0, 0.05) is 11.3 Å². The van der Waals surface area contributed by atoms with Crippen LogP contribution < -0.4 is 15.2 Å². The zero-order valence-corrected chi connectivity index (χ0v) is 34.9. The van der Waals surface area contributed by atoms with E-state index in [2.05, 4.69) is 27.7 Å². The molecule has 0 saturated heterocycles. The van der Waals surface area contributed by atoms with Crippen LogP contribution in [0.1, 0.15) is 130 Å². The normalized spacial score (nSPS) is 30.9. The Morgan fingerprint density at radius 3 is 1.93 bits per heavy atom. The highest BCUT2D eigenvalue weighted by atomic mass is 32.1. The number of benzene rings is 2. The minimum Gasteiger partial charge on any atom is -0.477 e. The lowest BCUT2D eigenvalue weighted by Gasteiger charge is -2.43. The number of hydrogen-bond donors (Lipinski definition) is 1. The lowest BCUT2D eigenvalue weighted by molar-refractivity contribution is -0.167. The molecule has 0 spiro atoms. The van der Waals surface area contributed by atoms with Crippen molar-refractivity contribution in [2.75, 3.05) is 5.73 Å². The second kappa shape index (κ2) is 17.2. The van der Waals surface area contributed by atoms with Crippen LogP contribution in [0.4, 0.5) is 5.69 Å². The molecule has 11 heteroatoms. The topological polar surface area (TPSA) is 144 Å². The second-order valence-corrected chi connectivity index (χ2v) is 19.6. The molecule has 0 radical (unpaired) electrons. The SMILES string of the molecule is CC1CCC(C(=O)Oc2ccc(OC3(C=O)CCC(C(=O)OC4CCC(OC5(C=O)CCC(C(C)(C)C)CC5)CC4)CC3)c3nc(-c4ccc(N)cc4)sc23)CC1. The fraction of sp³-hybridized carbons (Fsp3) is 0.630. The number of fused-ring (bicyclic) bond motifs is 1. The quantitative estimate of drug-likeness (QED) is 0.0861. The molecule has 7 rings (SSSR count). The molecule has 4 aliphatic carbocycles. The third-order valence-corrected chi connectivity index (χ3v) is 14.6. The first-order chi connectivity index (χ1) is 27.3. The van der Waals surface area contributed by atoms with Crippen LogP contribution >= 0.6 is 11.3 Å². The molecule has 2 aromatic carbocycles. The van der Waals surface area contributed by atoms with Crippen LogP contribution in [0.25, 0.3) is 20.8 Å². The minimum atomic E-state index is -1.14. The van der Waals surface area contributed by atoms with Crippen LogP contribution in [0.2, 0.25) is 0 Å². The summed E-state index contributed by atoms with van der Waals surface area (Å²) in [6.45, 7) is 9.03. The lowest BCUT2D eigenvalue weighted by atomic mass is 9.68. The Bertz CT molecular complexity index is 1890. The summed E-state index contributed by atoms with van der Waals surface area (Å²) in [6.07, 6.45) is 13.4. The number of carbonyl (C=O) groups is 4. The third-order valence-electron chi connectivity index (χ3n) is 13.5.